The first-order chi connectivity index (χ1) is 8.18. The average molecular weight is 296 g/mol. The van der Waals surface area contributed by atoms with E-state index in [4.69, 9.17) is 4.74 Å². The summed E-state index contributed by atoms with van der Waals surface area (Å²) in [6, 6.07) is 8.42. The normalized spacial score (nSPS) is 11.5. The summed E-state index contributed by atoms with van der Waals surface area (Å²) in [5.41, 5.74) is 1.26. The molecule has 0 bridgehead atoms. The quantitative estimate of drug-likeness (QED) is 0.758. The van der Waals surface area contributed by atoms with Crippen LogP contribution < -0.4 is 0 Å². The molecular formula is C14H18BrNO. The first kappa shape index (κ1) is 12.7. The fraction of sp³-hybridized carbons (Fsp3) is 0.429. The number of hydrogen-bond acceptors (Lipinski definition) is 1. The molecule has 0 unspecified atom stereocenters. The third-order valence-corrected chi connectivity index (χ3v) is 3.38. The highest BCUT2D eigenvalue weighted by Gasteiger charge is 2.03. The van der Waals surface area contributed by atoms with Gasteiger partial charge in [-0.1, -0.05) is 35.8 Å². The summed E-state index contributed by atoms with van der Waals surface area (Å²) in [4.78, 5) is 0. The minimum Gasteiger partial charge on any atom is -0.379 e. The lowest BCUT2D eigenvalue weighted by Gasteiger charge is -2.08. The van der Waals surface area contributed by atoms with Gasteiger partial charge in [-0.15, -0.1) is 0 Å². The maximum Gasteiger partial charge on any atom is 0.0645 e. The van der Waals surface area contributed by atoms with Crippen molar-refractivity contribution in [1.82, 2.24) is 4.57 Å². The van der Waals surface area contributed by atoms with Crippen molar-refractivity contribution < 1.29 is 4.74 Å². The number of fused-ring (bicyclic) bond motifs is 1. The Bertz CT molecular complexity index is 490. The summed E-state index contributed by atoms with van der Waals surface area (Å²) >= 11 is 3.57. The van der Waals surface area contributed by atoms with Gasteiger partial charge >= 0.3 is 0 Å². The maximum absolute atomic E-state index is 5.61. The van der Waals surface area contributed by atoms with Gasteiger partial charge in [-0.25, -0.2) is 0 Å². The maximum atomic E-state index is 5.61. The first-order valence-corrected chi connectivity index (χ1v) is 6.79. The van der Waals surface area contributed by atoms with Crippen LogP contribution in [0.4, 0.5) is 0 Å². The molecule has 2 rings (SSSR count). The predicted octanol–water partition coefficient (Wildman–Crippen LogP) is 4.08. The molecule has 0 radical (unpaired) electrons. The van der Waals surface area contributed by atoms with Crippen LogP contribution in [-0.2, 0) is 11.3 Å². The topological polar surface area (TPSA) is 14.2 Å². The molecule has 0 aliphatic heterocycles. The number of aromatic nitrogens is 1. The lowest BCUT2D eigenvalue weighted by molar-refractivity contribution is 0.104. The highest BCUT2D eigenvalue weighted by atomic mass is 79.9. The molecule has 0 saturated carbocycles. The van der Waals surface area contributed by atoms with Gasteiger partial charge in [0.2, 0.25) is 0 Å². The molecule has 0 aliphatic rings. The molecule has 1 heterocycles. The van der Waals surface area contributed by atoms with E-state index >= 15 is 0 Å². The molecule has 2 nitrogen and oxygen atoms in total. The molecule has 92 valence electrons. The zero-order valence-corrected chi connectivity index (χ0v) is 11.9. The summed E-state index contributed by atoms with van der Waals surface area (Å²) in [5, 5.41) is 1.26. The first-order valence-electron chi connectivity index (χ1n) is 5.99. The predicted molar refractivity (Wildman–Crippen MR) is 75.3 cm³/mol. The van der Waals surface area contributed by atoms with Crippen molar-refractivity contribution in [1.29, 1.82) is 0 Å². The van der Waals surface area contributed by atoms with E-state index in [1.54, 1.807) is 0 Å². The Hall–Kier alpha value is -0.800. The van der Waals surface area contributed by atoms with Crippen LogP contribution in [0, 0.1) is 5.92 Å². The van der Waals surface area contributed by atoms with Gasteiger partial charge in [-0.05, 0) is 24.1 Å². The molecule has 0 atom stereocenters. The molecule has 0 fully saturated rings. The van der Waals surface area contributed by atoms with E-state index < -0.39 is 0 Å². The fourth-order valence-electron chi connectivity index (χ4n) is 1.86. The van der Waals surface area contributed by atoms with E-state index in [1.807, 2.05) is 0 Å². The minimum absolute atomic E-state index is 0.602. The van der Waals surface area contributed by atoms with Crippen LogP contribution in [0.3, 0.4) is 0 Å². The Morgan fingerprint density at radius 3 is 2.88 bits per heavy atom. The van der Waals surface area contributed by atoms with Crippen molar-refractivity contribution >= 4 is 26.8 Å². The highest BCUT2D eigenvalue weighted by Crippen LogP contribution is 2.24. The van der Waals surface area contributed by atoms with Crippen molar-refractivity contribution in [3.05, 3.63) is 34.9 Å². The Morgan fingerprint density at radius 1 is 1.29 bits per heavy atom. The molecule has 0 saturated heterocycles. The summed E-state index contributed by atoms with van der Waals surface area (Å²) < 4.78 is 9.00. The van der Waals surface area contributed by atoms with Gasteiger partial charge in [0.25, 0.3) is 0 Å². The Balaban J connectivity index is 2.02. The van der Waals surface area contributed by atoms with E-state index in [1.165, 1.54) is 10.9 Å². The standard InChI is InChI=1S/C14H18BrNO/c1-11(2)10-17-9-8-16-7-6-12-13(15)4-3-5-14(12)16/h3-7,11H,8-10H2,1-2H3. The third kappa shape index (κ3) is 3.11. The van der Waals surface area contributed by atoms with Gasteiger partial charge in [0.1, 0.15) is 0 Å². The minimum atomic E-state index is 0.602. The van der Waals surface area contributed by atoms with Gasteiger partial charge in [-0.3, -0.25) is 0 Å². The average Bonchev–Trinajstić information content (AvgIpc) is 2.69. The number of nitrogens with zero attached hydrogens (tertiary/aromatic N) is 1. The number of rotatable bonds is 5. The van der Waals surface area contributed by atoms with Gasteiger partial charge in [-0.2, -0.15) is 0 Å². The van der Waals surface area contributed by atoms with Crippen molar-refractivity contribution in [2.45, 2.75) is 20.4 Å². The Morgan fingerprint density at radius 2 is 2.12 bits per heavy atom. The van der Waals surface area contributed by atoms with Crippen molar-refractivity contribution in [2.75, 3.05) is 13.2 Å². The molecular weight excluding hydrogens is 278 g/mol. The summed E-state index contributed by atoms with van der Waals surface area (Å²) in [5.74, 6) is 0.602. The highest BCUT2D eigenvalue weighted by molar-refractivity contribution is 9.10. The van der Waals surface area contributed by atoms with Crippen LogP contribution in [0.5, 0.6) is 0 Å². The Kier molecular flexibility index (Phi) is 4.24. The van der Waals surface area contributed by atoms with Crippen LogP contribution in [-0.4, -0.2) is 17.8 Å². The summed E-state index contributed by atoms with van der Waals surface area (Å²) in [6.45, 7) is 6.86. The second kappa shape index (κ2) is 5.69. The molecule has 1 aromatic carbocycles. The zero-order valence-electron chi connectivity index (χ0n) is 10.3. The van der Waals surface area contributed by atoms with Crippen molar-refractivity contribution in [3.63, 3.8) is 0 Å². The molecule has 17 heavy (non-hydrogen) atoms. The van der Waals surface area contributed by atoms with Gasteiger partial charge in [0.05, 0.1) is 6.61 Å². The van der Waals surface area contributed by atoms with Crippen LogP contribution in [0.25, 0.3) is 10.9 Å². The molecule has 1 aromatic heterocycles. The van der Waals surface area contributed by atoms with E-state index in [0.717, 1.165) is 24.2 Å². The second-order valence-electron chi connectivity index (χ2n) is 4.65. The van der Waals surface area contributed by atoms with Crippen LogP contribution in [0.2, 0.25) is 0 Å². The number of halogens is 1. The monoisotopic (exact) mass is 295 g/mol. The van der Waals surface area contributed by atoms with E-state index in [0.29, 0.717) is 5.92 Å². The van der Waals surface area contributed by atoms with E-state index in [2.05, 4.69) is 64.8 Å². The van der Waals surface area contributed by atoms with Crippen molar-refractivity contribution in [3.8, 4) is 0 Å². The van der Waals surface area contributed by atoms with E-state index in [9.17, 15) is 0 Å². The van der Waals surface area contributed by atoms with Gasteiger partial charge in [0, 0.05) is 34.7 Å². The second-order valence-corrected chi connectivity index (χ2v) is 5.50. The number of ether oxygens (including phenoxy) is 1. The van der Waals surface area contributed by atoms with Crippen molar-refractivity contribution in [2.24, 2.45) is 5.92 Å². The van der Waals surface area contributed by atoms with E-state index in [-0.39, 0.29) is 0 Å². The van der Waals surface area contributed by atoms with Gasteiger partial charge in [0.15, 0.2) is 0 Å². The lowest BCUT2D eigenvalue weighted by atomic mass is 10.2. The lowest BCUT2D eigenvalue weighted by Crippen LogP contribution is -2.08. The zero-order chi connectivity index (χ0) is 12.3. The van der Waals surface area contributed by atoms with Crippen LogP contribution >= 0.6 is 15.9 Å². The Labute approximate surface area is 111 Å². The SMILES string of the molecule is CC(C)COCCn1ccc2c(Br)cccc21. The van der Waals surface area contributed by atoms with Gasteiger partial charge < -0.3 is 9.30 Å². The molecule has 0 amide bonds. The molecule has 2 aromatic rings. The van der Waals surface area contributed by atoms with Crippen LogP contribution in [0.1, 0.15) is 13.8 Å². The molecule has 3 heteroatoms. The molecule has 0 N–H and O–H groups in total. The fourth-order valence-corrected chi connectivity index (χ4v) is 2.35. The van der Waals surface area contributed by atoms with Crippen LogP contribution in [0.15, 0.2) is 34.9 Å². The molecule has 0 spiro atoms. The number of benzene rings is 1. The largest absolute Gasteiger partial charge is 0.379 e. The smallest absolute Gasteiger partial charge is 0.0645 e. The summed E-state index contributed by atoms with van der Waals surface area (Å²) in [7, 11) is 0. The molecule has 0 aliphatic carbocycles. The number of hydrogen-bond donors (Lipinski definition) is 0. The summed E-state index contributed by atoms with van der Waals surface area (Å²) in [6.07, 6.45) is 2.12. The third-order valence-electron chi connectivity index (χ3n) is 2.69.